The average molecular weight is 350 g/mol. The maximum Gasteiger partial charge on any atom is 0.416 e. The highest BCUT2D eigenvalue weighted by atomic mass is 19.4. The quantitative estimate of drug-likeness (QED) is 0.745. The Hall–Kier alpha value is -3.36. The Morgan fingerprint density at radius 2 is 1.84 bits per heavy atom. The lowest BCUT2D eigenvalue weighted by Gasteiger charge is -2.06. The number of benzene rings is 2. The highest BCUT2D eigenvalue weighted by Crippen LogP contribution is 2.34. The van der Waals surface area contributed by atoms with Gasteiger partial charge in [-0.05, 0) is 30.3 Å². The van der Waals surface area contributed by atoms with Crippen molar-refractivity contribution in [1.82, 2.24) is 10.1 Å². The lowest BCUT2D eigenvalue weighted by Crippen LogP contribution is -2.04. The molecule has 25 heavy (non-hydrogen) atoms. The van der Waals surface area contributed by atoms with Crippen LogP contribution in [0.15, 0.2) is 47.0 Å². The molecule has 0 spiro atoms. The van der Waals surface area contributed by atoms with E-state index in [-0.39, 0.29) is 28.4 Å². The van der Waals surface area contributed by atoms with Gasteiger partial charge in [0.05, 0.1) is 11.1 Å². The van der Waals surface area contributed by atoms with Crippen molar-refractivity contribution in [2.75, 3.05) is 0 Å². The molecule has 0 unspecified atom stereocenters. The Morgan fingerprint density at radius 1 is 1.12 bits per heavy atom. The van der Waals surface area contributed by atoms with E-state index in [1.165, 1.54) is 30.3 Å². The Labute approximate surface area is 138 Å². The summed E-state index contributed by atoms with van der Waals surface area (Å²) in [5.74, 6) is -2.25. The summed E-state index contributed by atoms with van der Waals surface area (Å²) in [5, 5.41) is 22.6. The number of aromatic nitrogens is 2. The molecule has 0 aliphatic heterocycles. The van der Waals surface area contributed by atoms with Crippen molar-refractivity contribution in [2.24, 2.45) is 0 Å². The predicted octanol–water partition coefficient (Wildman–Crippen LogP) is 3.83. The lowest BCUT2D eigenvalue weighted by atomic mass is 10.1. The molecule has 0 fully saturated rings. The molecule has 3 aromatic rings. The van der Waals surface area contributed by atoms with Gasteiger partial charge in [0.25, 0.3) is 5.89 Å². The molecule has 0 saturated carbocycles. The van der Waals surface area contributed by atoms with Gasteiger partial charge in [-0.15, -0.1) is 0 Å². The Balaban J connectivity index is 2.02. The van der Waals surface area contributed by atoms with E-state index in [0.29, 0.717) is 0 Å². The predicted molar refractivity (Wildman–Crippen MR) is 78.8 cm³/mol. The summed E-state index contributed by atoms with van der Waals surface area (Å²) in [6.45, 7) is 0. The van der Waals surface area contributed by atoms with Gasteiger partial charge >= 0.3 is 12.1 Å². The minimum absolute atomic E-state index is 0.0122. The van der Waals surface area contributed by atoms with E-state index in [0.717, 1.165) is 12.1 Å². The van der Waals surface area contributed by atoms with Crippen LogP contribution < -0.4 is 0 Å². The Morgan fingerprint density at radius 3 is 2.52 bits per heavy atom. The van der Waals surface area contributed by atoms with Gasteiger partial charge in [-0.1, -0.05) is 17.3 Å². The fourth-order valence-corrected chi connectivity index (χ4v) is 2.18. The van der Waals surface area contributed by atoms with E-state index < -0.39 is 23.5 Å². The van der Waals surface area contributed by atoms with E-state index in [2.05, 4.69) is 10.1 Å². The van der Waals surface area contributed by atoms with Crippen LogP contribution in [0.1, 0.15) is 15.9 Å². The van der Waals surface area contributed by atoms with Crippen LogP contribution >= 0.6 is 0 Å². The third kappa shape index (κ3) is 3.16. The number of hydrogen-bond donors (Lipinski definition) is 2. The van der Waals surface area contributed by atoms with E-state index in [9.17, 15) is 23.1 Å². The number of phenols is 1. The second-order valence-electron chi connectivity index (χ2n) is 5.01. The number of carboxylic acids is 1. The molecule has 0 bridgehead atoms. The van der Waals surface area contributed by atoms with Crippen LogP contribution in [0.3, 0.4) is 0 Å². The van der Waals surface area contributed by atoms with Crippen LogP contribution in [-0.4, -0.2) is 26.3 Å². The topological polar surface area (TPSA) is 96.5 Å². The molecule has 9 heteroatoms. The number of rotatable bonds is 3. The third-order valence-corrected chi connectivity index (χ3v) is 3.37. The Kier molecular flexibility index (Phi) is 3.91. The maximum atomic E-state index is 12.8. The largest absolute Gasteiger partial charge is 0.506 e. The highest BCUT2D eigenvalue weighted by Gasteiger charge is 2.31. The van der Waals surface area contributed by atoms with Crippen molar-refractivity contribution in [3.05, 3.63) is 53.6 Å². The van der Waals surface area contributed by atoms with Gasteiger partial charge in [0.15, 0.2) is 0 Å². The number of halogens is 3. The minimum atomic E-state index is -4.52. The first-order valence-corrected chi connectivity index (χ1v) is 6.84. The van der Waals surface area contributed by atoms with Crippen molar-refractivity contribution >= 4 is 5.97 Å². The van der Waals surface area contributed by atoms with E-state index >= 15 is 0 Å². The van der Waals surface area contributed by atoms with Crippen molar-refractivity contribution in [3.63, 3.8) is 0 Å². The molecule has 6 nitrogen and oxygen atoms in total. The van der Waals surface area contributed by atoms with Crippen LogP contribution in [-0.2, 0) is 6.18 Å². The summed E-state index contributed by atoms with van der Waals surface area (Å²) in [5.41, 5.74) is -1.20. The molecule has 0 amide bonds. The van der Waals surface area contributed by atoms with Crippen molar-refractivity contribution in [2.45, 2.75) is 6.18 Å². The van der Waals surface area contributed by atoms with Gasteiger partial charge in [-0.3, -0.25) is 0 Å². The third-order valence-electron chi connectivity index (χ3n) is 3.37. The van der Waals surface area contributed by atoms with Crippen LogP contribution in [0, 0.1) is 0 Å². The number of nitrogens with zero attached hydrogens (tertiary/aromatic N) is 2. The highest BCUT2D eigenvalue weighted by molar-refractivity contribution is 5.93. The van der Waals surface area contributed by atoms with Gasteiger partial charge in [0.1, 0.15) is 11.3 Å². The molecule has 3 rings (SSSR count). The van der Waals surface area contributed by atoms with Crippen LogP contribution in [0.4, 0.5) is 13.2 Å². The van der Waals surface area contributed by atoms with Gasteiger partial charge in [0, 0.05) is 5.56 Å². The number of aromatic carboxylic acids is 1. The fraction of sp³-hybridized carbons (Fsp3) is 0.0625. The van der Waals surface area contributed by atoms with Crippen LogP contribution in [0.2, 0.25) is 0 Å². The molecule has 128 valence electrons. The zero-order valence-electron chi connectivity index (χ0n) is 12.3. The molecule has 0 aliphatic rings. The van der Waals surface area contributed by atoms with E-state index in [4.69, 9.17) is 9.63 Å². The monoisotopic (exact) mass is 350 g/mol. The summed E-state index contributed by atoms with van der Waals surface area (Å²) < 4.78 is 43.3. The first-order chi connectivity index (χ1) is 11.8. The number of carboxylic acid groups (broad SMARTS) is 1. The van der Waals surface area contributed by atoms with E-state index in [1.807, 2.05) is 0 Å². The minimum Gasteiger partial charge on any atom is -0.506 e. The Bertz CT molecular complexity index is 951. The summed E-state index contributed by atoms with van der Waals surface area (Å²) in [6, 6.07) is 8.24. The second kappa shape index (κ2) is 5.93. The molecule has 2 aromatic carbocycles. The lowest BCUT2D eigenvalue weighted by molar-refractivity contribution is -0.137. The molecular weight excluding hydrogens is 341 g/mol. The number of aromatic hydroxyl groups is 1. The number of carbonyl (C=O) groups is 1. The van der Waals surface area contributed by atoms with Crippen LogP contribution in [0.5, 0.6) is 5.75 Å². The van der Waals surface area contributed by atoms with Crippen molar-refractivity contribution < 1.29 is 32.7 Å². The maximum absolute atomic E-state index is 12.8. The number of hydrogen-bond acceptors (Lipinski definition) is 5. The summed E-state index contributed by atoms with van der Waals surface area (Å²) in [7, 11) is 0. The summed E-state index contributed by atoms with van der Waals surface area (Å²) >= 11 is 0. The zero-order chi connectivity index (χ0) is 18.2. The number of para-hydroxylation sites is 1. The fourth-order valence-electron chi connectivity index (χ4n) is 2.18. The molecule has 0 aliphatic carbocycles. The molecule has 0 atom stereocenters. The second-order valence-corrected chi connectivity index (χ2v) is 5.01. The van der Waals surface area contributed by atoms with E-state index in [1.54, 1.807) is 0 Å². The standard InChI is InChI=1S/C16H9F3N2O4/c17-16(18,19)9-4-1-3-8(7-9)14-20-13(21-25-14)10-5-2-6-11(12(10)22)15(23)24/h1-7,22H,(H,23,24). The zero-order valence-corrected chi connectivity index (χ0v) is 12.3. The number of alkyl halides is 3. The van der Waals surface area contributed by atoms with Crippen molar-refractivity contribution in [1.29, 1.82) is 0 Å². The van der Waals surface area contributed by atoms with Crippen molar-refractivity contribution in [3.8, 4) is 28.6 Å². The molecule has 2 N–H and O–H groups in total. The van der Waals surface area contributed by atoms with Gasteiger partial charge in [-0.2, -0.15) is 18.2 Å². The molecule has 1 heterocycles. The molecule has 1 aromatic heterocycles. The summed E-state index contributed by atoms with van der Waals surface area (Å²) in [6.07, 6.45) is -4.52. The normalized spacial score (nSPS) is 11.5. The van der Waals surface area contributed by atoms with Gasteiger partial charge in [-0.25, -0.2) is 4.79 Å². The summed E-state index contributed by atoms with van der Waals surface area (Å²) in [4.78, 5) is 15.0. The average Bonchev–Trinajstić information content (AvgIpc) is 3.04. The van der Waals surface area contributed by atoms with Crippen LogP contribution in [0.25, 0.3) is 22.8 Å². The van der Waals surface area contributed by atoms with Gasteiger partial charge in [0.2, 0.25) is 5.82 Å². The first kappa shape index (κ1) is 16.5. The smallest absolute Gasteiger partial charge is 0.416 e. The SMILES string of the molecule is O=C(O)c1cccc(-c2noc(-c3cccc(C(F)(F)F)c3)n2)c1O. The van der Waals surface area contributed by atoms with Gasteiger partial charge < -0.3 is 14.7 Å². The molecular formula is C16H9F3N2O4. The molecule has 0 saturated heterocycles. The first-order valence-electron chi connectivity index (χ1n) is 6.84. The molecule has 0 radical (unpaired) electrons.